The van der Waals surface area contributed by atoms with Gasteiger partial charge in [-0.3, -0.25) is 0 Å². The second kappa shape index (κ2) is 3.87. The van der Waals surface area contributed by atoms with Crippen molar-refractivity contribution in [3.63, 3.8) is 0 Å². The molecular weight excluding hydrogens is 254 g/mol. The molecule has 98 valence electrons. The molecule has 0 spiro atoms. The highest BCUT2D eigenvalue weighted by Gasteiger charge is 2.15. The third kappa shape index (κ3) is 1.33. The lowest BCUT2D eigenvalue weighted by atomic mass is 10.1. The van der Waals surface area contributed by atoms with Gasteiger partial charge in [0.2, 0.25) is 0 Å². The van der Waals surface area contributed by atoms with E-state index in [9.17, 15) is 4.79 Å². The van der Waals surface area contributed by atoms with Crippen molar-refractivity contribution in [2.24, 2.45) is 0 Å². The summed E-state index contributed by atoms with van der Waals surface area (Å²) in [5.41, 5.74) is 1.52. The van der Waals surface area contributed by atoms with Gasteiger partial charge in [-0.15, -0.1) is 0 Å². The van der Waals surface area contributed by atoms with Crippen molar-refractivity contribution in [3.05, 3.63) is 52.9 Å². The minimum atomic E-state index is -0.381. The second-order valence-corrected chi connectivity index (χ2v) is 4.65. The van der Waals surface area contributed by atoms with E-state index in [4.69, 9.17) is 9.15 Å². The quantitative estimate of drug-likeness (QED) is 0.536. The number of hydrogen-bond donors (Lipinski definition) is 1. The summed E-state index contributed by atoms with van der Waals surface area (Å²) in [5, 5.41) is 2.76. The molecule has 1 N–H and O–H groups in total. The summed E-state index contributed by atoms with van der Waals surface area (Å²) in [6, 6.07) is 13.4. The summed E-state index contributed by atoms with van der Waals surface area (Å²) in [6.45, 7) is 0. The third-order valence-corrected chi connectivity index (χ3v) is 3.57. The van der Waals surface area contributed by atoms with E-state index >= 15 is 0 Å². The fraction of sp³-hybridized carbons (Fsp3) is 0.0625. The molecule has 0 aliphatic carbocycles. The Labute approximate surface area is 113 Å². The van der Waals surface area contributed by atoms with Gasteiger partial charge in [0.05, 0.1) is 7.11 Å². The molecular formula is C16H11NO3. The summed E-state index contributed by atoms with van der Waals surface area (Å²) >= 11 is 0. The van der Waals surface area contributed by atoms with Gasteiger partial charge in [-0.1, -0.05) is 30.3 Å². The number of fused-ring (bicyclic) bond motifs is 5. The second-order valence-electron chi connectivity index (χ2n) is 4.65. The minimum Gasteiger partial charge on any atom is -0.493 e. The fourth-order valence-electron chi connectivity index (χ4n) is 2.70. The first-order chi connectivity index (χ1) is 9.79. The molecule has 0 unspecified atom stereocenters. The predicted octanol–water partition coefficient (Wildman–Crippen LogP) is 3.44. The Morgan fingerprint density at radius 2 is 1.85 bits per heavy atom. The first kappa shape index (κ1) is 11.1. The van der Waals surface area contributed by atoms with E-state index in [2.05, 4.69) is 4.98 Å². The molecule has 0 bridgehead atoms. The fourth-order valence-corrected chi connectivity index (χ4v) is 2.70. The monoisotopic (exact) mass is 265 g/mol. The standard InChI is InChI=1S/C16H11NO3/c1-19-12-8-4-6-10-13-9-5-2-3-7-11(9)17-14(13)16(18)20-15(10)12/h2-8,17H,1H3. The van der Waals surface area contributed by atoms with Crippen LogP contribution in [0.15, 0.2) is 51.7 Å². The van der Waals surface area contributed by atoms with Crippen molar-refractivity contribution in [2.75, 3.05) is 7.11 Å². The highest BCUT2D eigenvalue weighted by Crippen LogP contribution is 2.33. The number of H-pyrrole nitrogens is 1. The zero-order valence-corrected chi connectivity index (χ0v) is 10.8. The van der Waals surface area contributed by atoms with Crippen LogP contribution < -0.4 is 10.4 Å². The minimum absolute atomic E-state index is 0.381. The molecule has 0 amide bonds. The molecule has 0 saturated heterocycles. The molecule has 4 heteroatoms. The molecule has 0 fully saturated rings. The molecule has 4 aromatic rings. The zero-order valence-electron chi connectivity index (χ0n) is 10.8. The van der Waals surface area contributed by atoms with Crippen LogP contribution in [0, 0.1) is 0 Å². The van der Waals surface area contributed by atoms with Gasteiger partial charge in [-0.05, 0) is 12.1 Å². The van der Waals surface area contributed by atoms with E-state index in [1.807, 2.05) is 36.4 Å². The van der Waals surface area contributed by atoms with E-state index in [1.54, 1.807) is 13.2 Å². The molecule has 0 atom stereocenters. The average Bonchev–Trinajstić information content (AvgIpc) is 2.87. The summed E-state index contributed by atoms with van der Waals surface area (Å²) in [6.07, 6.45) is 0. The first-order valence-electron chi connectivity index (χ1n) is 6.30. The van der Waals surface area contributed by atoms with Crippen molar-refractivity contribution >= 4 is 32.8 Å². The van der Waals surface area contributed by atoms with Crippen LogP contribution in [0.1, 0.15) is 0 Å². The lowest BCUT2D eigenvalue weighted by molar-refractivity contribution is 0.407. The molecule has 0 aliphatic rings. The Morgan fingerprint density at radius 1 is 1.05 bits per heavy atom. The molecule has 2 heterocycles. The number of para-hydroxylation sites is 2. The molecule has 20 heavy (non-hydrogen) atoms. The van der Waals surface area contributed by atoms with E-state index in [0.717, 1.165) is 21.7 Å². The Balaban J connectivity index is 2.37. The number of hydrogen-bond acceptors (Lipinski definition) is 3. The average molecular weight is 265 g/mol. The number of methoxy groups -OCH3 is 1. The van der Waals surface area contributed by atoms with E-state index in [1.165, 1.54) is 0 Å². The van der Waals surface area contributed by atoms with E-state index in [0.29, 0.717) is 16.8 Å². The summed E-state index contributed by atoms with van der Waals surface area (Å²) < 4.78 is 10.7. The van der Waals surface area contributed by atoms with Crippen LogP contribution in [0.4, 0.5) is 0 Å². The molecule has 4 rings (SSSR count). The molecule has 2 aromatic heterocycles. The number of benzene rings is 2. The lowest BCUT2D eigenvalue weighted by Gasteiger charge is -2.04. The Kier molecular flexibility index (Phi) is 2.15. The number of rotatable bonds is 1. The lowest BCUT2D eigenvalue weighted by Crippen LogP contribution is -2.00. The molecule has 0 saturated carbocycles. The highest BCUT2D eigenvalue weighted by molar-refractivity contribution is 6.19. The maximum Gasteiger partial charge on any atom is 0.360 e. The number of nitrogens with one attached hydrogen (secondary N) is 1. The summed E-state index contributed by atoms with van der Waals surface area (Å²) in [7, 11) is 1.56. The Morgan fingerprint density at radius 3 is 2.70 bits per heavy atom. The van der Waals surface area contributed by atoms with Crippen LogP contribution in [0.3, 0.4) is 0 Å². The Bertz CT molecular complexity index is 1010. The van der Waals surface area contributed by atoms with Gasteiger partial charge in [0.25, 0.3) is 0 Å². The van der Waals surface area contributed by atoms with Crippen LogP contribution in [0.25, 0.3) is 32.8 Å². The maximum absolute atomic E-state index is 12.2. The molecule has 0 radical (unpaired) electrons. The number of aromatic amines is 1. The van der Waals surface area contributed by atoms with Gasteiger partial charge in [0.1, 0.15) is 5.52 Å². The summed E-state index contributed by atoms with van der Waals surface area (Å²) in [4.78, 5) is 15.3. The third-order valence-electron chi connectivity index (χ3n) is 3.57. The first-order valence-corrected chi connectivity index (χ1v) is 6.30. The zero-order chi connectivity index (χ0) is 13.7. The largest absolute Gasteiger partial charge is 0.493 e. The number of ether oxygens (including phenoxy) is 1. The molecule has 2 aromatic carbocycles. The smallest absolute Gasteiger partial charge is 0.360 e. The van der Waals surface area contributed by atoms with Gasteiger partial charge in [-0.2, -0.15) is 0 Å². The van der Waals surface area contributed by atoms with Gasteiger partial charge in [-0.25, -0.2) is 4.79 Å². The highest BCUT2D eigenvalue weighted by atomic mass is 16.5. The maximum atomic E-state index is 12.2. The van der Waals surface area contributed by atoms with Crippen LogP contribution in [0.5, 0.6) is 5.75 Å². The van der Waals surface area contributed by atoms with Crippen LogP contribution in [-0.2, 0) is 0 Å². The van der Waals surface area contributed by atoms with Crippen molar-refractivity contribution < 1.29 is 9.15 Å². The van der Waals surface area contributed by atoms with Crippen LogP contribution >= 0.6 is 0 Å². The van der Waals surface area contributed by atoms with E-state index < -0.39 is 0 Å². The van der Waals surface area contributed by atoms with Crippen molar-refractivity contribution in [3.8, 4) is 5.75 Å². The van der Waals surface area contributed by atoms with Crippen LogP contribution in [-0.4, -0.2) is 12.1 Å². The molecule has 4 nitrogen and oxygen atoms in total. The van der Waals surface area contributed by atoms with Crippen LogP contribution in [0.2, 0.25) is 0 Å². The van der Waals surface area contributed by atoms with Crippen molar-refractivity contribution in [2.45, 2.75) is 0 Å². The van der Waals surface area contributed by atoms with Gasteiger partial charge in [0.15, 0.2) is 11.3 Å². The van der Waals surface area contributed by atoms with Gasteiger partial charge in [0, 0.05) is 21.7 Å². The number of aromatic nitrogens is 1. The summed E-state index contributed by atoms with van der Waals surface area (Å²) in [5.74, 6) is 0.562. The van der Waals surface area contributed by atoms with E-state index in [-0.39, 0.29) is 5.63 Å². The van der Waals surface area contributed by atoms with Gasteiger partial charge < -0.3 is 14.1 Å². The topological polar surface area (TPSA) is 55.2 Å². The Hall–Kier alpha value is -2.75. The molecule has 0 aliphatic heterocycles. The normalized spacial score (nSPS) is 11.4. The SMILES string of the molecule is COc1cccc2c1oc(=O)c1[nH]c3ccccc3c12. The van der Waals surface area contributed by atoms with Crippen molar-refractivity contribution in [1.82, 2.24) is 4.98 Å². The predicted molar refractivity (Wildman–Crippen MR) is 78.4 cm³/mol. The van der Waals surface area contributed by atoms with Gasteiger partial charge >= 0.3 is 5.63 Å². The van der Waals surface area contributed by atoms with Crippen molar-refractivity contribution in [1.29, 1.82) is 0 Å².